The lowest BCUT2D eigenvalue weighted by molar-refractivity contribution is 0.363. The Balaban J connectivity index is 1.56. The number of ether oxygens (including phenoxy) is 1. The van der Waals surface area contributed by atoms with E-state index in [9.17, 15) is 0 Å². The quantitative estimate of drug-likeness (QED) is 0.205. The van der Waals surface area contributed by atoms with Crippen LogP contribution >= 0.6 is 0 Å². The van der Waals surface area contributed by atoms with Crippen LogP contribution in [0.4, 0.5) is 17.1 Å². The van der Waals surface area contributed by atoms with Crippen LogP contribution in [0.5, 0.6) is 5.75 Å². The predicted octanol–water partition coefficient (Wildman–Crippen LogP) is 8.51. The molecule has 4 aromatic carbocycles. The van der Waals surface area contributed by atoms with Crippen molar-refractivity contribution in [3.05, 3.63) is 132 Å². The highest BCUT2D eigenvalue weighted by Gasteiger charge is 2.12. The Morgan fingerprint density at radius 2 is 1.00 bits per heavy atom. The van der Waals surface area contributed by atoms with Crippen LogP contribution in [0.1, 0.15) is 22.3 Å². The highest BCUT2D eigenvalue weighted by atomic mass is 16.5. The zero-order valence-corrected chi connectivity index (χ0v) is 19.2. The summed E-state index contributed by atoms with van der Waals surface area (Å²) in [5.41, 5.74) is 8.21. The molecular formula is C31H29NO. The first-order valence-corrected chi connectivity index (χ1v) is 11.2. The lowest BCUT2D eigenvalue weighted by Crippen LogP contribution is -2.09. The molecule has 0 unspecified atom stereocenters. The van der Waals surface area contributed by atoms with Gasteiger partial charge in [0.05, 0.1) is 0 Å². The average Bonchev–Trinajstić information content (AvgIpc) is 2.85. The van der Waals surface area contributed by atoms with Gasteiger partial charge in [0.2, 0.25) is 0 Å². The summed E-state index contributed by atoms with van der Waals surface area (Å²) < 4.78 is 5.55. The second-order valence-corrected chi connectivity index (χ2v) is 8.10. The van der Waals surface area contributed by atoms with E-state index in [0.29, 0.717) is 6.61 Å². The Kier molecular flexibility index (Phi) is 7.06. The number of nitrogens with zero attached hydrogens (tertiary/aromatic N) is 1. The molecular weight excluding hydrogens is 402 g/mol. The van der Waals surface area contributed by atoms with Gasteiger partial charge < -0.3 is 9.64 Å². The van der Waals surface area contributed by atoms with Gasteiger partial charge in [-0.1, -0.05) is 84.5 Å². The van der Waals surface area contributed by atoms with Crippen LogP contribution in [0.15, 0.2) is 110 Å². The molecule has 0 aliphatic rings. The molecule has 0 saturated carbocycles. The number of hydrogen-bond acceptors (Lipinski definition) is 2. The zero-order chi connectivity index (χ0) is 23.0. The Bertz CT molecular complexity index is 1160. The fourth-order valence-corrected chi connectivity index (χ4v) is 3.59. The summed E-state index contributed by atoms with van der Waals surface area (Å²) in [6.07, 6.45) is 5.99. The number of rotatable bonds is 8. The van der Waals surface area contributed by atoms with Gasteiger partial charge in [-0.05, 0) is 73.5 Å². The monoisotopic (exact) mass is 431 g/mol. The van der Waals surface area contributed by atoms with Gasteiger partial charge in [-0.25, -0.2) is 0 Å². The minimum Gasteiger partial charge on any atom is -0.490 e. The van der Waals surface area contributed by atoms with E-state index in [1.807, 2.05) is 12.1 Å². The molecule has 0 heterocycles. The fourth-order valence-electron chi connectivity index (χ4n) is 3.59. The molecule has 33 heavy (non-hydrogen) atoms. The summed E-state index contributed by atoms with van der Waals surface area (Å²) in [7, 11) is 0. The van der Waals surface area contributed by atoms with Crippen molar-refractivity contribution in [1.29, 1.82) is 0 Å². The Morgan fingerprint density at radius 1 is 0.606 bits per heavy atom. The SMILES string of the molecule is C=CCOc1ccc(C=Cc2ccc(N(c3ccc(C)cc3)c3ccc(C)cc3)cc2)cc1. The Labute approximate surface area is 197 Å². The molecule has 0 spiro atoms. The van der Waals surface area contributed by atoms with Crippen LogP contribution in [0.2, 0.25) is 0 Å². The zero-order valence-electron chi connectivity index (χ0n) is 19.2. The van der Waals surface area contributed by atoms with E-state index in [4.69, 9.17) is 4.74 Å². The number of hydrogen-bond donors (Lipinski definition) is 0. The van der Waals surface area contributed by atoms with Crippen molar-refractivity contribution >= 4 is 29.2 Å². The standard InChI is InChI=1S/C31H29NO/c1-4-23-33-31-21-13-27(14-22-31)10-9-26-11-19-30(20-12-26)32(28-15-5-24(2)6-16-28)29-17-7-25(3)8-18-29/h4-22H,1,23H2,2-3H3. The van der Waals surface area contributed by atoms with E-state index < -0.39 is 0 Å². The molecule has 0 atom stereocenters. The Morgan fingerprint density at radius 3 is 1.42 bits per heavy atom. The molecule has 2 heteroatoms. The predicted molar refractivity (Wildman–Crippen MR) is 142 cm³/mol. The topological polar surface area (TPSA) is 12.5 Å². The van der Waals surface area contributed by atoms with Gasteiger partial charge in [0.25, 0.3) is 0 Å². The average molecular weight is 432 g/mol. The molecule has 4 rings (SSSR count). The normalized spacial score (nSPS) is 10.8. The van der Waals surface area contributed by atoms with Gasteiger partial charge >= 0.3 is 0 Å². The van der Waals surface area contributed by atoms with E-state index in [2.05, 4.69) is 122 Å². The first-order chi connectivity index (χ1) is 16.1. The van der Waals surface area contributed by atoms with Crippen molar-refractivity contribution in [3.8, 4) is 5.75 Å². The number of aryl methyl sites for hydroxylation is 2. The summed E-state index contributed by atoms with van der Waals surface area (Å²) in [5.74, 6) is 0.851. The molecule has 0 fully saturated rings. The lowest BCUT2D eigenvalue weighted by atomic mass is 10.1. The van der Waals surface area contributed by atoms with E-state index in [1.165, 1.54) is 11.1 Å². The van der Waals surface area contributed by atoms with Crippen molar-refractivity contribution < 1.29 is 4.74 Å². The molecule has 0 aliphatic heterocycles. The molecule has 0 aromatic heterocycles. The molecule has 4 aromatic rings. The summed E-state index contributed by atoms with van der Waals surface area (Å²) in [4.78, 5) is 2.29. The third-order valence-electron chi connectivity index (χ3n) is 5.45. The van der Waals surface area contributed by atoms with Crippen LogP contribution in [-0.4, -0.2) is 6.61 Å². The van der Waals surface area contributed by atoms with Crippen molar-refractivity contribution in [3.63, 3.8) is 0 Å². The van der Waals surface area contributed by atoms with Crippen molar-refractivity contribution in [2.45, 2.75) is 13.8 Å². The third-order valence-corrected chi connectivity index (χ3v) is 5.45. The highest BCUT2D eigenvalue weighted by molar-refractivity contribution is 5.78. The van der Waals surface area contributed by atoms with Crippen LogP contribution in [0, 0.1) is 13.8 Å². The maximum atomic E-state index is 5.55. The number of benzene rings is 4. The van der Waals surface area contributed by atoms with E-state index in [1.54, 1.807) is 6.08 Å². The van der Waals surface area contributed by atoms with E-state index in [-0.39, 0.29) is 0 Å². The first-order valence-electron chi connectivity index (χ1n) is 11.2. The van der Waals surface area contributed by atoms with Crippen LogP contribution in [0.25, 0.3) is 12.2 Å². The molecule has 2 nitrogen and oxygen atoms in total. The van der Waals surface area contributed by atoms with Gasteiger partial charge in [-0.2, -0.15) is 0 Å². The van der Waals surface area contributed by atoms with Gasteiger partial charge in [0, 0.05) is 17.1 Å². The first kappa shape index (κ1) is 22.2. The van der Waals surface area contributed by atoms with Crippen molar-refractivity contribution in [2.75, 3.05) is 11.5 Å². The van der Waals surface area contributed by atoms with Gasteiger partial charge in [0.15, 0.2) is 0 Å². The fraction of sp³-hybridized carbons (Fsp3) is 0.0968. The van der Waals surface area contributed by atoms with Crippen LogP contribution in [0.3, 0.4) is 0 Å². The molecule has 0 saturated heterocycles. The highest BCUT2D eigenvalue weighted by Crippen LogP contribution is 2.34. The molecule has 164 valence electrons. The largest absolute Gasteiger partial charge is 0.490 e. The lowest BCUT2D eigenvalue weighted by Gasteiger charge is -2.25. The maximum Gasteiger partial charge on any atom is 0.119 e. The number of anilines is 3. The van der Waals surface area contributed by atoms with E-state index in [0.717, 1.165) is 33.9 Å². The van der Waals surface area contributed by atoms with Crippen molar-refractivity contribution in [1.82, 2.24) is 0 Å². The third kappa shape index (κ3) is 5.81. The second-order valence-electron chi connectivity index (χ2n) is 8.10. The Hall–Kier alpha value is -4.04. The summed E-state index contributed by atoms with van der Waals surface area (Å²) in [6.45, 7) is 8.42. The van der Waals surface area contributed by atoms with Gasteiger partial charge in [-0.3, -0.25) is 0 Å². The van der Waals surface area contributed by atoms with Gasteiger partial charge in [-0.15, -0.1) is 0 Å². The summed E-state index contributed by atoms with van der Waals surface area (Å²) >= 11 is 0. The second kappa shape index (κ2) is 10.5. The minimum atomic E-state index is 0.518. The minimum absolute atomic E-state index is 0.518. The molecule has 0 amide bonds. The molecule has 0 aliphatic carbocycles. The summed E-state index contributed by atoms with van der Waals surface area (Å²) in [5, 5.41) is 0. The summed E-state index contributed by atoms with van der Waals surface area (Å²) in [6, 6.07) is 34.0. The molecule has 0 radical (unpaired) electrons. The van der Waals surface area contributed by atoms with Gasteiger partial charge in [0.1, 0.15) is 12.4 Å². The maximum absolute atomic E-state index is 5.55. The van der Waals surface area contributed by atoms with Crippen LogP contribution < -0.4 is 9.64 Å². The smallest absolute Gasteiger partial charge is 0.119 e. The molecule has 0 N–H and O–H groups in total. The van der Waals surface area contributed by atoms with Crippen LogP contribution in [-0.2, 0) is 0 Å². The van der Waals surface area contributed by atoms with Crippen molar-refractivity contribution in [2.24, 2.45) is 0 Å². The van der Waals surface area contributed by atoms with E-state index >= 15 is 0 Å². The molecule has 0 bridgehead atoms.